The van der Waals surface area contributed by atoms with E-state index in [2.05, 4.69) is 69.9 Å². The van der Waals surface area contributed by atoms with Gasteiger partial charge in [-0.15, -0.1) is 0 Å². The van der Waals surface area contributed by atoms with Gasteiger partial charge in [0.25, 0.3) is 0 Å². The van der Waals surface area contributed by atoms with Crippen LogP contribution in [-0.2, 0) is 0 Å². The van der Waals surface area contributed by atoms with E-state index in [1.54, 1.807) is 76.5 Å². The van der Waals surface area contributed by atoms with Crippen molar-refractivity contribution in [2.24, 2.45) is 0 Å². The third-order valence-electron chi connectivity index (χ3n) is 11.8. The largest absolute Gasteiger partial charge is 0.497 e. The number of ether oxygens (including phenoxy) is 6. The van der Waals surface area contributed by atoms with Gasteiger partial charge in [-0.3, -0.25) is 9.13 Å². The Morgan fingerprint density at radius 3 is 1.61 bits per heavy atom. The zero-order chi connectivity index (χ0) is 50.3. The second-order valence-electron chi connectivity index (χ2n) is 16.5. The number of anilines is 5. The van der Waals surface area contributed by atoms with E-state index < -0.39 is 0 Å². The summed E-state index contributed by atoms with van der Waals surface area (Å²) in [5, 5.41) is 3.44. The van der Waals surface area contributed by atoms with Gasteiger partial charge in [0.1, 0.15) is 37.4 Å². The van der Waals surface area contributed by atoms with Crippen LogP contribution in [0.25, 0.3) is 11.6 Å². The average molecular weight is 984 g/mol. The number of rotatable bonds is 10. The first kappa shape index (κ1) is 49.0. The molecule has 368 valence electrons. The number of benzene rings is 2. The predicted octanol–water partition coefficient (Wildman–Crippen LogP) is 8.19. The van der Waals surface area contributed by atoms with E-state index in [9.17, 15) is 0 Å². The van der Waals surface area contributed by atoms with Crippen LogP contribution in [0.1, 0.15) is 45.7 Å². The van der Waals surface area contributed by atoms with Crippen molar-refractivity contribution in [3.8, 4) is 46.1 Å². The molecule has 8 heterocycles. The van der Waals surface area contributed by atoms with E-state index in [0.29, 0.717) is 76.8 Å². The summed E-state index contributed by atoms with van der Waals surface area (Å²) in [4.78, 5) is 38.7. The van der Waals surface area contributed by atoms with Crippen molar-refractivity contribution in [1.82, 2.24) is 49.0 Å². The maximum Gasteiger partial charge on any atom is 0.229 e. The van der Waals surface area contributed by atoms with Crippen LogP contribution in [0.15, 0.2) is 98.4 Å². The van der Waals surface area contributed by atoms with Gasteiger partial charge < -0.3 is 49.3 Å². The van der Waals surface area contributed by atoms with Gasteiger partial charge in [-0.1, -0.05) is 12.1 Å². The Kier molecular flexibility index (Phi) is 14.8. The van der Waals surface area contributed by atoms with Crippen molar-refractivity contribution < 1.29 is 28.4 Å². The summed E-state index contributed by atoms with van der Waals surface area (Å²) in [6.45, 7) is 9.02. The third kappa shape index (κ3) is 10.9. The predicted molar refractivity (Wildman–Crippen MR) is 271 cm³/mol. The molecule has 0 aliphatic carbocycles. The lowest BCUT2D eigenvalue weighted by Gasteiger charge is -2.35. The molecule has 0 fully saturated rings. The Balaban J connectivity index is 0.000000159. The Hall–Kier alpha value is -8.39. The first-order chi connectivity index (χ1) is 34.3. The second-order valence-corrected chi connectivity index (χ2v) is 16.9. The molecular weight excluding hydrogens is 928 g/mol. The zero-order valence-electron chi connectivity index (χ0n) is 41.1. The monoisotopic (exact) mass is 982 g/mol. The number of halogens is 1. The van der Waals surface area contributed by atoms with Crippen molar-refractivity contribution >= 4 is 40.6 Å². The Morgan fingerprint density at radius 1 is 0.592 bits per heavy atom. The molecule has 71 heavy (non-hydrogen) atoms. The van der Waals surface area contributed by atoms with Gasteiger partial charge in [0.2, 0.25) is 11.2 Å². The van der Waals surface area contributed by atoms with Gasteiger partial charge in [0.05, 0.1) is 88.1 Å². The van der Waals surface area contributed by atoms with Crippen LogP contribution in [0.5, 0.6) is 34.5 Å². The minimum absolute atomic E-state index is 0.0139. The van der Waals surface area contributed by atoms with Crippen molar-refractivity contribution in [3.63, 3.8) is 0 Å². The highest BCUT2D eigenvalue weighted by Crippen LogP contribution is 2.40. The fourth-order valence-corrected chi connectivity index (χ4v) is 8.11. The summed E-state index contributed by atoms with van der Waals surface area (Å²) in [7, 11) is 10.5. The zero-order valence-corrected chi connectivity index (χ0v) is 41.8. The standard InChI is InChI=1S/C25H27N7O3.C15H16ClN3O2.C10H12N4O/c1-15-6-7-18(33-4)9-19(15)20-13-35-22-11-27-25(30-24(22)31(20)3)29-17-8-21(34-5)23(26-10-17)32-12-16(2)28-14-32;1-9-4-5-10(20-3)6-11(9)12-8-21-13-7-17-15(16)18-14(13)19(12)2;1-7-5-14(6-13-7)10-9(15-2)3-8(11)4-12-10/h6-12,14,20H,13H2,1-5H3,(H,27,29,30);4-7,12H,8H2,1-3H3;3-6H,11H2,1-2H3. The number of methoxy groups -OCH3 is 4. The lowest BCUT2D eigenvalue weighted by molar-refractivity contribution is 0.264. The molecule has 6 aromatic heterocycles. The van der Waals surface area contributed by atoms with Crippen LogP contribution in [0.2, 0.25) is 5.28 Å². The second kappa shape index (κ2) is 21.5. The number of aryl methyl sites for hydroxylation is 4. The molecule has 21 heteroatoms. The third-order valence-corrected chi connectivity index (χ3v) is 12.0. The lowest BCUT2D eigenvalue weighted by Crippen LogP contribution is -2.34. The van der Waals surface area contributed by atoms with Crippen LogP contribution >= 0.6 is 11.6 Å². The normalized spacial score (nSPS) is 14.5. The summed E-state index contributed by atoms with van der Waals surface area (Å²) < 4.78 is 36.9. The number of fused-ring (bicyclic) bond motifs is 2. The van der Waals surface area contributed by atoms with Crippen molar-refractivity contribution in [2.75, 3.05) is 76.6 Å². The highest BCUT2D eigenvalue weighted by Gasteiger charge is 2.31. The molecule has 0 saturated heterocycles. The molecule has 8 aromatic rings. The first-order valence-electron chi connectivity index (χ1n) is 22.3. The molecule has 0 amide bonds. The smallest absolute Gasteiger partial charge is 0.229 e. The number of likely N-dealkylation sites (N-methyl/N-ethyl adjacent to an activating group) is 2. The molecule has 2 unspecified atom stereocenters. The maximum atomic E-state index is 6.02. The number of aromatic nitrogens is 10. The van der Waals surface area contributed by atoms with Crippen molar-refractivity contribution in [1.29, 1.82) is 0 Å². The molecule has 0 spiro atoms. The quantitative estimate of drug-likeness (QED) is 0.124. The molecule has 0 bridgehead atoms. The first-order valence-corrected chi connectivity index (χ1v) is 22.7. The van der Waals surface area contributed by atoms with Crippen LogP contribution in [-0.4, -0.2) is 105 Å². The van der Waals surface area contributed by atoms with E-state index in [1.807, 2.05) is 81.3 Å². The molecule has 20 nitrogen and oxygen atoms in total. The number of hydrogen-bond donors (Lipinski definition) is 2. The molecule has 10 rings (SSSR count). The number of nitrogens with one attached hydrogen (secondary N) is 1. The summed E-state index contributed by atoms with van der Waals surface area (Å²) in [5.74, 6) is 7.32. The Morgan fingerprint density at radius 2 is 1.10 bits per heavy atom. The number of nitrogen functional groups attached to an aromatic ring is 1. The number of pyridine rings is 2. The number of imidazole rings is 2. The highest BCUT2D eigenvalue weighted by atomic mass is 35.5. The summed E-state index contributed by atoms with van der Waals surface area (Å²) >= 11 is 5.89. The molecule has 2 aromatic carbocycles. The highest BCUT2D eigenvalue weighted by molar-refractivity contribution is 6.28. The van der Waals surface area contributed by atoms with E-state index in [4.69, 9.17) is 50.7 Å². The molecule has 3 N–H and O–H groups in total. The van der Waals surface area contributed by atoms with Gasteiger partial charge >= 0.3 is 0 Å². The van der Waals surface area contributed by atoms with E-state index in [0.717, 1.165) is 39.6 Å². The van der Waals surface area contributed by atoms with Gasteiger partial charge in [-0.2, -0.15) is 9.97 Å². The minimum atomic E-state index is -0.0139. The van der Waals surface area contributed by atoms with Gasteiger partial charge in [0.15, 0.2) is 46.3 Å². The number of nitrogens with zero attached hydrogens (tertiary/aromatic N) is 12. The van der Waals surface area contributed by atoms with Crippen LogP contribution < -0.4 is 49.3 Å². The van der Waals surface area contributed by atoms with Crippen molar-refractivity contribution in [2.45, 2.75) is 39.8 Å². The Bertz CT molecular complexity index is 3150. The maximum absolute atomic E-state index is 6.02. The van der Waals surface area contributed by atoms with E-state index in [-0.39, 0.29) is 17.4 Å². The van der Waals surface area contributed by atoms with Crippen molar-refractivity contribution in [3.05, 3.63) is 137 Å². The average Bonchev–Trinajstić information content (AvgIpc) is 4.03. The molecule has 2 aliphatic rings. The van der Waals surface area contributed by atoms with E-state index >= 15 is 0 Å². The van der Waals surface area contributed by atoms with Gasteiger partial charge in [-0.25, -0.2) is 29.9 Å². The fraction of sp³-hybridized carbons (Fsp3) is 0.280. The van der Waals surface area contributed by atoms with Crippen LogP contribution in [0, 0.1) is 27.7 Å². The molecule has 0 radical (unpaired) electrons. The van der Waals surface area contributed by atoms with Crippen LogP contribution in [0.3, 0.4) is 0 Å². The molecule has 2 aliphatic heterocycles. The minimum Gasteiger partial charge on any atom is -0.497 e. The molecular formula is C50H55ClN14O6. The number of nitrogens with two attached hydrogens (primary N) is 1. The van der Waals surface area contributed by atoms with E-state index in [1.165, 1.54) is 5.56 Å². The summed E-state index contributed by atoms with van der Waals surface area (Å²) in [6.07, 6.45) is 13.7. The summed E-state index contributed by atoms with van der Waals surface area (Å²) in [5.41, 5.74) is 13.3. The fourth-order valence-electron chi connectivity index (χ4n) is 7.98. The van der Waals surface area contributed by atoms with Gasteiger partial charge in [-0.05, 0) is 85.8 Å². The molecule has 0 saturated carbocycles. The number of hydrogen-bond acceptors (Lipinski definition) is 18. The van der Waals surface area contributed by atoms with Gasteiger partial charge in [0, 0.05) is 38.6 Å². The Labute approximate surface area is 416 Å². The molecule has 2 atom stereocenters. The topological polar surface area (TPSA) is 213 Å². The lowest BCUT2D eigenvalue weighted by atomic mass is 9.99. The summed E-state index contributed by atoms with van der Waals surface area (Å²) in [6, 6.07) is 15.7. The SMILES string of the molecule is COc1cc(N)cnc1-n1cnc(C)c1.COc1ccc(C)c(C2COc3cnc(Cl)nc3N2C)c1.COc1ccc(C)c(C2COc3cnc(Nc4cnc(-n5cnc(C)c5)c(OC)c4)nc3N2C)c1. The van der Waals surface area contributed by atoms with Crippen LogP contribution in [0.4, 0.5) is 29.0 Å².